The SMILES string of the molecule is CC(C)(C)[C@H](NC(=O)Nc1nncs1)c1cccc(C(F)(F)F)c1. The minimum atomic E-state index is -4.44. The van der Waals surface area contributed by atoms with Crippen LogP contribution in [0.1, 0.15) is 37.9 Å². The van der Waals surface area contributed by atoms with Crippen LogP contribution in [0.2, 0.25) is 0 Å². The Bertz CT molecular complexity index is 695. The van der Waals surface area contributed by atoms with E-state index in [1.54, 1.807) is 6.07 Å². The van der Waals surface area contributed by atoms with Crippen molar-refractivity contribution in [3.05, 3.63) is 40.9 Å². The van der Waals surface area contributed by atoms with Crippen molar-refractivity contribution in [1.82, 2.24) is 15.5 Å². The first-order chi connectivity index (χ1) is 11.1. The molecule has 0 saturated heterocycles. The predicted octanol–water partition coefficient (Wildman–Crippen LogP) is 4.47. The molecule has 0 aliphatic rings. The largest absolute Gasteiger partial charge is 0.416 e. The summed E-state index contributed by atoms with van der Waals surface area (Å²) in [6, 6.07) is 3.79. The fourth-order valence-corrected chi connectivity index (χ4v) is 2.63. The van der Waals surface area contributed by atoms with Gasteiger partial charge >= 0.3 is 12.2 Å². The van der Waals surface area contributed by atoms with Gasteiger partial charge in [0.1, 0.15) is 5.51 Å². The molecule has 2 aromatic rings. The zero-order valence-corrected chi connectivity index (χ0v) is 14.1. The quantitative estimate of drug-likeness (QED) is 0.851. The van der Waals surface area contributed by atoms with Gasteiger partial charge < -0.3 is 5.32 Å². The molecule has 1 atom stereocenters. The van der Waals surface area contributed by atoms with E-state index < -0.39 is 29.2 Å². The first-order valence-electron chi connectivity index (χ1n) is 7.08. The Morgan fingerprint density at radius 3 is 2.50 bits per heavy atom. The lowest BCUT2D eigenvalue weighted by atomic mass is 9.82. The number of carbonyl (C=O) groups is 1. The van der Waals surface area contributed by atoms with Gasteiger partial charge in [-0.2, -0.15) is 13.2 Å². The van der Waals surface area contributed by atoms with E-state index in [2.05, 4.69) is 20.8 Å². The van der Waals surface area contributed by atoms with Crippen molar-refractivity contribution >= 4 is 22.5 Å². The standard InChI is InChI=1S/C15H17F3N4OS/c1-14(2,3)11(20-12(23)21-13-22-19-8-24-13)9-5-4-6-10(7-9)15(16,17)18/h4-8,11H,1-3H3,(H2,20,21,22,23)/t11-/m1/s1. The number of rotatable bonds is 3. The first-order valence-corrected chi connectivity index (χ1v) is 7.96. The highest BCUT2D eigenvalue weighted by Crippen LogP contribution is 2.36. The molecule has 9 heteroatoms. The second kappa shape index (κ2) is 6.76. The number of hydrogen-bond donors (Lipinski definition) is 2. The highest BCUT2D eigenvalue weighted by Gasteiger charge is 2.33. The highest BCUT2D eigenvalue weighted by molar-refractivity contribution is 7.13. The number of hydrogen-bond acceptors (Lipinski definition) is 4. The van der Waals surface area contributed by atoms with Crippen LogP contribution in [-0.2, 0) is 6.18 Å². The van der Waals surface area contributed by atoms with Gasteiger partial charge in [0, 0.05) is 0 Å². The Morgan fingerprint density at radius 2 is 1.96 bits per heavy atom. The molecule has 0 bridgehead atoms. The van der Waals surface area contributed by atoms with Crippen molar-refractivity contribution < 1.29 is 18.0 Å². The molecule has 0 fully saturated rings. The van der Waals surface area contributed by atoms with Crippen molar-refractivity contribution in [2.75, 3.05) is 5.32 Å². The topological polar surface area (TPSA) is 66.9 Å². The Balaban J connectivity index is 2.24. The molecule has 0 aliphatic heterocycles. The van der Waals surface area contributed by atoms with Crippen LogP contribution in [0.15, 0.2) is 29.8 Å². The second-order valence-corrected chi connectivity index (χ2v) is 7.10. The molecule has 0 spiro atoms. The molecule has 2 N–H and O–H groups in total. The van der Waals surface area contributed by atoms with Gasteiger partial charge in [-0.1, -0.05) is 44.2 Å². The molecule has 0 radical (unpaired) electrons. The van der Waals surface area contributed by atoms with Gasteiger partial charge in [0.2, 0.25) is 5.13 Å². The number of amides is 2. The highest BCUT2D eigenvalue weighted by atomic mass is 32.1. The summed E-state index contributed by atoms with van der Waals surface area (Å²) in [6.45, 7) is 5.51. The van der Waals surface area contributed by atoms with Gasteiger partial charge in [-0.05, 0) is 23.1 Å². The van der Waals surface area contributed by atoms with E-state index in [1.807, 2.05) is 20.8 Å². The average molecular weight is 358 g/mol. The number of halogens is 3. The molecule has 1 heterocycles. The van der Waals surface area contributed by atoms with Gasteiger partial charge in [0.05, 0.1) is 11.6 Å². The predicted molar refractivity (Wildman–Crippen MR) is 85.7 cm³/mol. The van der Waals surface area contributed by atoms with Crippen LogP contribution in [0.5, 0.6) is 0 Å². The van der Waals surface area contributed by atoms with E-state index in [1.165, 1.54) is 11.6 Å². The molecule has 2 rings (SSSR count). The van der Waals surface area contributed by atoms with Crippen molar-refractivity contribution in [2.45, 2.75) is 33.0 Å². The van der Waals surface area contributed by atoms with Crippen molar-refractivity contribution in [3.8, 4) is 0 Å². The molecule has 24 heavy (non-hydrogen) atoms. The third-order valence-electron chi connectivity index (χ3n) is 3.27. The minimum Gasteiger partial charge on any atom is -0.330 e. The zero-order chi connectivity index (χ0) is 18.0. The monoisotopic (exact) mass is 358 g/mol. The second-order valence-electron chi connectivity index (χ2n) is 6.26. The normalized spacial score (nSPS) is 13.4. The molecule has 0 aliphatic carbocycles. The van der Waals surface area contributed by atoms with Crippen LogP contribution in [0.25, 0.3) is 0 Å². The first kappa shape index (κ1) is 18.2. The Hall–Kier alpha value is -2.16. The summed E-state index contributed by atoms with van der Waals surface area (Å²) in [4.78, 5) is 12.1. The molecule has 0 saturated carbocycles. The summed E-state index contributed by atoms with van der Waals surface area (Å²) in [5, 5.41) is 12.8. The van der Waals surface area contributed by atoms with Crippen LogP contribution < -0.4 is 10.6 Å². The Morgan fingerprint density at radius 1 is 1.25 bits per heavy atom. The van der Waals surface area contributed by atoms with E-state index in [4.69, 9.17) is 0 Å². The van der Waals surface area contributed by atoms with Crippen molar-refractivity contribution in [3.63, 3.8) is 0 Å². The number of nitrogens with zero attached hydrogens (tertiary/aromatic N) is 2. The van der Waals surface area contributed by atoms with Gasteiger partial charge in [0.25, 0.3) is 0 Å². The average Bonchev–Trinajstić information content (AvgIpc) is 2.95. The molecule has 2 amide bonds. The third-order valence-corrected chi connectivity index (χ3v) is 3.88. The molecule has 130 valence electrons. The van der Waals surface area contributed by atoms with E-state index in [0.29, 0.717) is 10.7 Å². The number of nitrogens with one attached hydrogen (secondary N) is 2. The van der Waals surface area contributed by atoms with Crippen LogP contribution in [-0.4, -0.2) is 16.2 Å². The molecule has 5 nitrogen and oxygen atoms in total. The summed E-state index contributed by atoms with van der Waals surface area (Å²) < 4.78 is 38.8. The molecular weight excluding hydrogens is 341 g/mol. The number of benzene rings is 1. The van der Waals surface area contributed by atoms with E-state index in [9.17, 15) is 18.0 Å². The fourth-order valence-electron chi connectivity index (χ4n) is 2.19. The van der Waals surface area contributed by atoms with Crippen molar-refractivity contribution in [2.24, 2.45) is 5.41 Å². The summed E-state index contributed by atoms with van der Waals surface area (Å²) in [5.41, 5.74) is 0.595. The lowest BCUT2D eigenvalue weighted by Gasteiger charge is -2.32. The minimum absolute atomic E-state index is 0.309. The Kier molecular flexibility index (Phi) is 5.12. The van der Waals surface area contributed by atoms with Crippen LogP contribution in [0.3, 0.4) is 0 Å². The number of carbonyl (C=O) groups excluding carboxylic acids is 1. The number of alkyl halides is 3. The van der Waals surface area contributed by atoms with Gasteiger partial charge in [-0.15, -0.1) is 10.2 Å². The summed E-state index contributed by atoms with van der Waals surface area (Å²) in [6.07, 6.45) is -4.44. The number of anilines is 1. The van der Waals surface area contributed by atoms with Gasteiger partial charge in [-0.25, -0.2) is 4.79 Å². The molecule has 0 unspecified atom stereocenters. The maximum absolute atomic E-state index is 12.9. The maximum Gasteiger partial charge on any atom is 0.416 e. The summed E-state index contributed by atoms with van der Waals surface area (Å²) >= 11 is 1.14. The third kappa shape index (κ3) is 4.67. The van der Waals surface area contributed by atoms with Gasteiger partial charge in [0.15, 0.2) is 0 Å². The lowest BCUT2D eigenvalue weighted by Crippen LogP contribution is -2.39. The zero-order valence-electron chi connectivity index (χ0n) is 13.3. The van der Waals surface area contributed by atoms with Crippen LogP contribution in [0.4, 0.5) is 23.1 Å². The summed E-state index contributed by atoms with van der Waals surface area (Å²) in [5.74, 6) is 0. The van der Waals surface area contributed by atoms with Crippen LogP contribution in [0, 0.1) is 5.41 Å². The van der Waals surface area contributed by atoms with Crippen molar-refractivity contribution in [1.29, 1.82) is 0 Å². The molecule has 1 aromatic carbocycles. The lowest BCUT2D eigenvalue weighted by molar-refractivity contribution is -0.137. The number of urea groups is 1. The fraction of sp³-hybridized carbons (Fsp3) is 0.400. The van der Waals surface area contributed by atoms with E-state index in [-0.39, 0.29) is 0 Å². The molecule has 1 aromatic heterocycles. The summed E-state index contributed by atoms with van der Waals surface area (Å²) in [7, 11) is 0. The smallest absolute Gasteiger partial charge is 0.330 e. The van der Waals surface area contributed by atoms with Gasteiger partial charge in [-0.3, -0.25) is 5.32 Å². The number of aromatic nitrogens is 2. The van der Waals surface area contributed by atoms with E-state index in [0.717, 1.165) is 23.5 Å². The maximum atomic E-state index is 12.9. The Labute approximate surface area is 141 Å². The van der Waals surface area contributed by atoms with Crippen LogP contribution >= 0.6 is 11.3 Å². The molecular formula is C15H17F3N4OS. The van der Waals surface area contributed by atoms with E-state index >= 15 is 0 Å².